The Morgan fingerprint density at radius 1 is 1.39 bits per heavy atom. The number of carbonyl (C=O) groups excluding carboxylic acids is 2. The standard InChI is InChI=1S/C20H23ClN4O3/c1-4-14(16-9-6-10-18(24-16)23-13(3)26)8-7-11-25-17(21)12-15(22)19(25)20(27)28-5-2/h4,6-10,12H,5,11,22H2,1-3H3,(H,23,24,26)/b8-7-,14-4+. The molecule has 0 bridgehead atoms. The number of pyridine rings is 1. The Hall–Kier alpha value is -3.06. The second-order valence-corrected chi connectivity index (χ2v) is 6.22. The molecule has 0 aliphatic rings. The number of amides is 1. The molecule has 0 saturated carbocycles. The average molecular weight is 403 g/mol. The van der Waals surface area contributed by atoms with Crippen LogP contribution in [-0.2, 0) is 16.1 Å². The zero-order valence-electron chi connectivity index (χ0n) is 16.0. The van der Waals surface area contributed by atoms with Gasteiger partial charge in [0.05, 0.1) is 18.0 Å². The number of anilines is 2. The van der Waals surface area contributed by atoms with Gasteiger partial charge >= 0.3 is 5.97 Å². The summed E-state index contributed by atoms with van der Waals surface area (Å²) in [4.78, 5) is 27.8. The largest absolute Gasteiger partial charge is 0.461 e. The minimum atomic E-state index is -0.517. The summed E-state index contributed by atoms with van der Waals surface area (Å²) in [5.41, 5.74) is 7.94. The Labute approximate surface area is 168 Å². The van der Waals surface area contributed by atoms with Gasteiger partial charge in [0, 0.05) is 13.5 Å². The number of nitrogens with zero attached hydrogens (tertiary/aromatic N) is 2. The highest BCUT2D eigenvalue weighted by Crippen LogP contribution is 2.24. The van der Waals surface area contributed by atoms with Gasteiger partial charge in [0.15, 0.2) is 5.69 Å². The zero-order valence-corrected chi connectivity index (χ0v) is 16.8. The monoisotopic (exact) mass is 402 g/mol. The van der Waals surface area contributed by atoms with E-state index in [-0.39, 0.29) is 23.9 Å². The number of hydrogen-bond acceptors (Lipinski definition) is 5. The predicted molar refractivity (Wildman–Crippen MR) is 111 cm³/mol. The maximum atomic E-state index is 12.1. The minimum absolute atomic E-state index is 0.187. The molecule has 0 aromatic carbocycles. The Balaban J connectivity index is 2.22. The van der Waals surface area contributed by atoms with Gasteiger partial charge in [-0.2, -0.15) is 0 Å². The molecule has 0 atom stereocenters. The Morgan fingerprint density at radius 2 is 2.14 bits per heavy atom. The molecule has 2 aromatic heterocycles. The lowest BCUT2D eigenvalue weighted by Gasteiger charge is -2.09. The van der Waals surface area contributed by atoms with Crippen LogP contribution in [0.3, 0.4) is 0 Å². The number of esters is 1. The third-order valence-electron chi connectivity index (χ3n) is 3.79. The molecule has 0 fully saturated rings. The van der Waals surface area contributed by atoms with Crippen LogP contribution in [0.15, 0.2) is 42.5 Å². The van der Waals surface area contributed by atoms with Gasteiger partial charge in [-0.1, -0.05) is 35.9 Å². The summed E-state index contributed by atoms with van der Waals surface area (Å²) in [5.74, 6) is -0.228. The average Bonchev–Trinajstić information content (AvgIpc) is 2.92. The number of nitrogen functional groups attached to an aromatic ring is 1. The molecule has 3 N–H and O–H groups in total. The fourth-order valence-electron chi connectivity index (χ4n) is 2.60. The van der Waals surface area contributed by atoms with Crippen LogP contribution in [0.2, 0.25) is 5.15 Å². The minimum Gasteiger partial charge on any atom is -0.461 e. The number of aromatic nitrogens is 2. The number of halogens is 1. The molecule has 148 valence electrons. The molecule has 7 nitrogen and oxygen atoms in total. The van der Waals surface area contributed by atoms with Crippen LogP contribution < -0.4 is 11.1 Å². The molecule has 0 unspecified atom stereocenters. The fraction of sp³-hybridized carbons (Fsp3) is 0.250. The molecule has 0 spiro atoms. The van der Waals surface area contributed by atoms with Crippen LogP contribution in [0.25, 0.3) is 5.57 Å². The van der Waals surface area contributed by atoms with Crippen molar-refractivity contribution in [2.24, 2.45) is 0 Å². The van der Waals surface area contributed by atoms with Crippen LogP contribution in [-0.4, -0.2) is 28.0 Å². The van der Waals surface area contributed by atoms with E-state index < -0.39 is 5.97 Å². The van der Waals surface area contributed by atoms with Crippen LogP contribution in [0, 0.1) is 0 Å². The van der Waals surface area contributed by atoms with Gasteiger partial charge in [0.1, 0.15) is 11.0 Å². The lowest BCUT2D eigenvalue weighted by atomic mass is 10.1. The molecular weight excluding hydrogens is 380 g/mol. The number of rotatable bonds is 7. The summed E-state index contributed by atoms with van der Waals surface area (Å²) in [6, 6.07) is 6.90. The van der Waals surface area contributed by atoms with Crippen molar-refractivity contribution >= 4 is 40.6 Å². The lowest BCUT2D eigenvalue weighted by molar-refractivity contribution is -0.114. The van der Waals surface area contributed by atoms with Gasteiger partial charge in [-0.15, -0.1) is 0 Å². The van der Waals surface area contributed by atoms with Gasteiger partial charge in [0.2, 0.25) is 5.91 Å². The molecule has 1 amide bonds. The smallest absolute Gasteiger partial charge is 0.357 e. The Kier molecular flexibility index (Phi) is 7.40. The van der Waals surface area contributed by atoms with E-state index in [0.29, 0.717) is 23.2 Å². The van der Waals surface area contributed by atoms with Crippen molar-refractivity contribution in [3.63, 3.8) is 0 Å². The second kappa shape index (κ2) is 9.75. The summed E-state index contributed by atoms with van der Waals surface area (Å²) in [6.07, 6.45) is 5.60. The first kappa shape index (κ1) is 21.2. The predicted octanol–water partition coefficient (Wildman–Crippen LogP) is 3.91. The maximum Gasteiger partial charge on any atom is 0.357 e. The molecule has 0 radical (unpaired) electrons. The highest BCUT2D eigenvalue weighted by Gasteiger charge is 2.19. The van der Waals surface area contributed by atoms with E-state index in [1.54, 1.807) is 17.6 Å². The molecule has 0 saturated heterocycles. The van der Waals surface area contributed by atoms with Crippen molar-refractivity contribution in [1.82, 2.24) is 9.55 Å². The van der Waals surface area contributed by atoms with Crippen molar-refractivity contribution in [1.29, 1.82) is 0 Å². The number of carbonyl (C=O) groups is 2. The van der Waals surface area contributed by atoms with Crippen molar-refractivity contribution in [3.8, 4) is 0 Å². The van der Waals surface area contributed by atoms with Crippen molar-refractivity contribution in [2.45, 2.75) is 27.3 Å². The summed E-state index contributed by atoms with van der Waals surface area (Å²) in [7, 11) is 0. The van der Waals surface area contributed by atoms with E-state index in [9.17, 15) is 9.59 Å². The first-order chi connectivity index (χ1) is 13.4. The normalized spacial score (nSPS) is 11.6. The maximum absolute atomic E-state index is 12.1. The lowest BCUT2D eigenvalue weighted by Crippen LogP contribution is -2.13. The van der Waals surface area contributed by atoms with Crippen molar-refractivity contribution in [3.05, 3.63) is 59.0 Å². The van der Waals surface area contributed by atoms with Crippen LogP contribution in [0.1, 0.15) is 37.0 Å². The first-order valence-electron chi connectivity index (χ1n) is 8.76. The van der Waals surface area contributed by atoms with Gasteiger partial charge in [-0.25, -0.2) is 9.78 Å². The molecule has 2 rings (SSSR count). The summed E-state index contributed by atoms with van der Waals surface area (Å²) in [6.45, 7) is 5.61. The van der Waals surface area contributed by atoms with Crippen molar-refractivity contribution in [2.75, 3.05) is 17.7 Å². The van der Waals surface area contributed by atoms with E-state index >= 15 is 0 Å². The second-order valence-electron chi connectivity index (χ2n) is 5.84. The van der Waals surface area contributed by atoms with E-state index in [4.69, 9.17) is 22.1 Å². The summed E-state index contributed by atoms with van der Waals surface area (Å²) < 4.78 is 6.63. The van der Waals surface area contributed by atoms with Crippen LogP contribution >= 0.6 is 11.6 Å². The molecule has 28 heavy (non-hydrogen) atoms. The zero-order chi connectivity index (χ0) is 20.7. The first-order valence-corrected chi connectivity index (χ1v) is 9.14. The number of hydrogen-bond donors (Lipinski definition) is 2. The number of nitrogens with two attached hydrogens (primary N) is 1. The molecule has 0 aliphatic carbocycles. The molecule has 2 heterocycles. The highest BCUT2D eigenvalue weighted by atomic mass is 35.5. The van der Waals surface area contributed by atoms with Gasteiger partial charge < -0.3 is 20.4 Å². The van der Waals surface area contributed by atoms with E-state index in [1.807, 2.05) is 37.3 Å². The van der Waals surface area contributed by atoms with Gasteiger partial charge in [-0.05, 0) is 37.6 Å². The number of allylic oxidation sites excluding steroid dienone is 4. The molecule has 8 heteroatoms. The third kappa shape index (κ3) is 5.23. The summed E-state index contributed by atoms with van der Waals surface area (Å²) >= 11 is 6.20. The fourth-order valence-corrected chi connectivity index (χ4v) is 2.87. The quantitative estimate of drug-likeness (QED) is 0.540. The highest BCUT2D eigenvalue weighted by molar-refractivity contribution is 6.30. The van der Waals surface area contributed by atoms with E-state index in [1.165, 1.54) is 13.0 Å². The Morgan fingerprint density at radius 3 is 2.79 bits per heavy atom. The van der Waals surface area contributed by atoms with Gasteiger partial charge in [0.25, 0.3) is 0 Å². The molecular formula is C20H23ClN4O3. The Bertz CT molecular complexity index is 932. The van der Waals surface area contributed by atoms with Crippen LogP contribution in [0.4, 0.5) is 11.5 Å². The summed E-state index contributed by atoms with van der Waals surface area (Å²) in [5, 5.41) is 3.01. The number of ether oxygens (including phenoxy) is 1. The topological polar surface area (TPSA) is 99.2 Å². The molecule has 0 aliphatic heterocycles. The number of nitrogens with one attached hydrogen (secondary N) is 1. The van der Waals surface area contributed by atoms with Crippen molar-refractivity contribution < 1.29 is 14.3 Å². The van der Waals surface area contributed by atoms with E-state index in [0.717, 1.165) is 5.57 Å². The van der Waals surface area contributed by atoms with Crippen LogP contribution in [0.5, 0.6) is 0 Å². The van der Waals surface area contributed by atoms with E-state index in [2.05, 4.69) is 10.3 Å². The SMILES string of the molecule is C/C=C(\C=C/Cn1c(Cl)cc(N)c1C(=O)OCC)c1cccc(NC(C)=O)n1. The van der Waals surface area contributed by atoms with Gasteiger partial charge in [-0.3, -0.25) is 4.79 Å². The molecule has 2 aromatic rings. The third-order valence-corrected chi connectivity index (χ3v) is 4.10.